The van der Waals surface area contributed by atoms with E-state index in [0.717, 1.165) is 34.6 Å². The third-order valence-corrected chi connectivity index (χ3v) is 7.32. The zero-order valence-electron chi connectivity index (χ0n) is 16.4. The van der Waals surface area contributed by atoms with Crippen molar-refractivity contribution in [3.63, 3.8) is 0 Å². The number of rotatable bonds is 5. The van der Waals surface area contributed by atoms with Crippen LogP contribution >= 0.6 is 11.8 Å². The summed E-state index contributed by atoms with van der Waals surface area (Å²) in [6, 6.07) is 4.93. The molecule has 2 saturated heterocycles. The molecule has 5 N–H and O–H groups in total. The Kier molecular flexibility index (Phi) is 5.64. The molecule has 2 unspecified atom stereocenters. The van der Waals surface area contributed by atoms with Crippen molar-refractivity contribution in [2.45, 2.75) is 56.0 Å². The molecule has 3 aliphatic rings. The molecule has 2 fully saturated rings. The van der Waals surface area contributed by atoms with E-state index < -0.39 is 0 Å². The predicted molar refractivity (Wildman–Crippen MR) is 116 cm³/mol. The topological polar surface area (TPSA) is 96.7 Å². The summed E-state index contributed by atoms with van der Waals surface area (Å²) in [7, 11) is 0. The van der Waals surface area contributed by atoms with Gasteiger partial charge in [0.05, 0.1) is 5.82 Å². The summed E-state index contributed by atoms with van der Waals surface area (Å²) in [4.78, 5) is 15.2. The van der Waals surface area contributed by atoms with E-state index in [1.54, 1.807) is 11.8 Å². The van der Waals surface area contributed by atoms with E-state index in [4.69, 9.17) is 11.5 Å². The van der Waals surface area contributed by atoms with Gasteiger partial charge in [-0.1, -0.05) is 0 Å². The van der Waals surface area contributed by atoms with Crippen molar-refractivity contribution in [2.24, 2.45) is 16.6 Å². The molecule has 0 saturated carbocycles. The molecule has 0 amide bonds. The van der Waals surface area contributed by atoms with Gasteiger partial charge in [-0.3, -0.25) is 4.90 Å². The van der Waals surface area contributed by atoms with Gasteiger partial charge in [0.15, 0.2) is 0 Å². The highest BCUT2D eigenvalue weighted by Crippen LogP contribution is 2.41. The maximum absolute atomic E-state index is 11.5. The van der Waals surface area contributed by atoms with Gasteiger partial charge in [0.2, 0.25) is 0 Å². The van der Waals surface area contributed by atoms with Gasteiger partial charge in [-0.2, -0.15) is 0 Å². The molecule has 6 nitrogen and oxygen atoms in total. The molecule has 4 rings (SSSR count). The van der Waals surface area contributed by atoms with Gasteiger partial charge in [0.1, 0.15) is 5.69 Å². The Bertz CT molecular complexity index is 834. The smallest absolute Gasteiger partial charge is 0.121 e. The maximum atomic E-state index is 11.5. The van der Waals surface area contributed by atoms with E-state index in [1.807, 2.05) is 25.1 Å². The maximum Gasteiger partial charge on any atom is 0.121 e. The van der Waals surface area contributed by atoms with E-state index >= 15 is 0 Å². The molecular weight excluding hydrogens is 370 g/mol. The molecule has 0 aromatic heterocycles. The van der Waals surface area contributed by atoms with E-state index in [9.17, 15) is 4.91 Å². The molecule has 150 valence electrons. The van der Waals surface area contributed by atoms with Gasteiger partial charge >= 0.3 is 0 Å². The molecule has 0 aliphatic carbocycles. The summed E-state index contributed by atoms with van der Waals surface area (Å²) in [6.07, 6.45) is 7.62. The molecule has 3 aliphatic heterocycles. The zero-order chi connectivity index (χ0) is 19.7. The second-order valence-electron chi connectivity index (χ2n) is 7.96. The molecule has 28 heavy (non-hydrogen) atoms. The minimum Gasteiger partial charge on any atom is -0.398 e. The summed E-state index contributed by atoms with van der Waals surface area (Å²) in [6.45, 7) is 4.34. The Morgan fingerprint density at radius 1 is 1.29 bits per heavy atom. The van der Waals surface area contributed by atoms with Crippen molar-refractivity contribution >= 4 is 23.1 Å². The Balaban J connectivity index is 1.55. The predicted octanol–water partition coefficient (Wildman–Crippen LogP) is 3.44. The van der Waals surface area contributed by atoms with Gasteiger partial charge < -0.3 is 16.8 Å². The Labute approximate surface area is 170 Å². The van der Waals surface area contributed by atoms with Crippen LogP contribution in [0.2, 0.25) is 0 Å². The average molecular weight is 400 g/mol. The van der Waals surface area contributed by atoms with Gasteiger partial charge in [-0.15, -0.1) is 16.7 Å². The molecular formula is C21H29N5OS. The summed E-state index contributed by atoms with van der Waals surface area (Å²) in [5.74, 6) is 1.62. The number of allylic oxidation sites excluding steroid dienone is 2. The van der Waals surface area contributed by atoms with Crippen molar-refractivity contribution in [3.05, 3.63) is 45.6 Å². The van der Waals surface area contributed by atoms with Crippen LogP contribution < -0.4 is 16.8 Å². The second kappa shape index (κ2) is 8.17. The molecule has 0 spiro atoms. The van der Waals surface area contributed by atoms with Gasteiger partial charge in [-0.05, 0) is 86.6 Å². The summed E-state index contributed by atoms with van der Waals surface area (Å²) < 4.78 is 0. The summed E-state index contributed by atoms with van der Waals surface area (Å²) in [5, 5.41) is 6.82. The standard InChI is InChI=1S/C21H29N5OS/c1-13(12-19(22)24-16-4-2-9-26-10-3-5-17(16)26)20(23)15-6-7-18-14(8-11-28-18)21(15)25-27/h6-7,12,16-17,24H,2-5,8-11,22-23H2,1H3/b19-12+,20-13-. The molecule has 0 radical (unpaired) electrons. The van der Waals surface area contributed by atoms with Gasteiger partial charge in [0, 0.05) is 34.0 Å². The number of fused-ring (bicyclic) bond motifs is 2. The van der Waals surface area contributed by atoms with Gasteiger partial charge in [-0.25, -0.2) is 0 Å². The lowest BCUT2D eigenvalue weighted by Gasteiger charge is -2.37. The van der Waals surface area contributed by atoms with Crippen LogP contribution in [-0.2, 0) is 6.42 Å². The van der Waals surface area contributed by atoms with Crippen LogP contribution in [0.3, 0.4) is 0 Å². The van der Waals surface area contributed by atoms with Gasteiger partial charge in [0.25, 0.3) is 0 Å². The first-order valence-electron chi connectivity index (χ1n) is 10.1. The highest BCUT2D eigenvalue weighted by atomic mass is 32.2. The minimum absolute atomic E-state index is 0.394. The zero-order valence-corrected chi connectivity index (χ0v) is 17.2. The van der Waals surface area contributed by atoms with Crippen LogP contribution in [0.25, 0.3) is 5.70 Å². The van der Waals surface area contributed by atoms with E-state index in [0.29, 0.717) is 34.9 Å². The molecule has 7 heteroatoms. The van der Waals surface area contributed by atoms with Crippen molar-refractivity contribution < 1.29 is 0 Å². The Morgan fingerprint density at radius 2 is 2.07 bits per heavy atom. The number of nitroso groups, excluding NO2 is 1. The summed E-state index contributed by atoms with van der Waals surface area (Å²) >= 11 is 1.76. The van der Waals surface area contributed by atoms with Crippen LogP contribution in [-0.4, -0.2) is 35.8 Å². The Hall–Kier alpha value is -1.99. The van der Waals surface area contributed by atoms with E-state index in [2.05, 4.69) is 15.4 Å². The number of hydrogen-bond acceptors (Lipinski definition) is 7. The lowest BCUT2D eigenvalue weighted by molar-refractivity contribution is 0.159. The largest absolute Gasteiger partial charge is 0.398 e. The van der Waals surface area contributed by atoms with Crippen molar-refractivity contribution in [3.8, 4) is 0 Å². The fourth-order valence-corrected chi connectivity index (χ4v) is 5.88. The first-order chi connectivity index (χ1) is 13.6. The lowest BCUT2D eigenvalue weighted by Crippen LogP contribution is -2.51. The highest BCUT2D eigenvalue weighted by Gasteiger charge is 2.34. The fourth-order valence-electron chi connectivity index (χ4n) is 4.82. The molecule has 2 atom stereocenters. The quantitative estimate of drug-likeness (QED) is 0.518. The van der Waals surface area contributed by atoms with Crippen molar-refractivity contribution in [2.75, 3.05) is 18.8 Å². The summed E-state index contributed by atoms with van der Waals surface area (Å²) in [5.41, 5.74) is 16.3. The SMILES string of the molecule is CC(/C=C(\N)NC1CCCN2CCCC12)=C(/N)c1ccc2c(c1N=O)CCS2. The first-order valence-corrected chi connectivity index (χ1v) is 11.1. The van der Waals surface area contributed by atoms with Crippen molar-refractivity contribution in [1.82, 2.24) is 10.2 Å². The molecule has 0 bridgehead atoms. The number of nitrogens with two attached hydrogens (primary N) is 2. The number of hydrogen-bond donors (Lipinski definition) is 3. The monoisotopic (exact) mass is 399 g/mol. The lowest BCUT2D eigenvalue weighted by atomic mass is 9.96. The van der Waals surface area contributed by atoms with Crippen LogP contribution in [0.4, 0.5) is 5.69 Å². The minimum atomic E-state index is 0.394. The fraction of sp³-hybridized carbons (Fsp3) is 0.524. The van der Waals surface area contributed by atoms with Crippen LogP contribution in [0, 0.1) is 4.91 Å². The number of nitrogens with one attached hydrogen (secondary N) is 1. The number of thioether (sulfide) groups is 1. The Morgan fingerprint density at radius 3 is 2.86 bits per heavy atom. The van der Waals surface area contributed by atoms with E-state index in [1.165, 1.54) is 32.4 Å². The number of nitrogens with zero attached hydrogens (tertiary/aromatic N) is 2. The molecule has 1 aromatic carbocycles. The third-order valence-electron chi connectivity index (χ3n) is 6.22. The van der Waals surface area contributed by atoms with Crippen molar-refractivity contribution in [1.29, 1.82) is 0 Å². The highest BCUT2D eigenvalue weighted by molar-refractivity contribution is 7.99. The average Bonchev–Trinajstić information content (AvgIpc) is 3.35. The number of piperidine rings is 1. The van der Waals surface area contributed by atoms with E-state index in [-0.39, 0.29) is 0 Å². The van der Waals surface area contributed by atoms with Crippen LogP contribution in [0.5, 0.6) is 0 Å². The van der Waals surface area contributed by atoms with Crippen LogP contribution in [0.1, 0.15) is 43.7 Å². The second-order valence-corrected chi connectivity index (χ2v) is 9.10. The van der Waals surface area contributed by atoms with Crippen LogP contribution in [0.15, 0.2) is 39.7 Å². The molecule has 3 heterocycles. The first kappa shape index (κ1) is 19.3. The third kappa shape index (κ3) is 3.65. The normalized spacial score (nSPS) is 25.8. The number of benzene rings is 1. The molecule has 1 aromatic rings.